The number of hydrogen-bond donors (Lipinski definition) is 1. The fraction of sp³-hybridized carbons (Fsp3) is 0.471. The summed E-state index contributed by atoms with van der Waals surface area (Å²) in [5.74, 6) is -0.178. The van der Waals surface area contributed by atoms with Gasteiger partial charge in [-0.2, -0.15) is 0 Å². The summed E-state index contributed by atoms with van der Waals surface area (Å²) in [6.07, 6.45) is 4.51. The molecule has 0 fully saturated rings. The molecule has 112 valence electrons. The van der Waals surface area contributed by atoms with Crippen molar-refractivity contribution in [3.8, 4) is 0 Å². The fourth-order valence-electron chi connectivity index (χ4n) is 2.88. The van der Waals surface area contributed by atoms with E-state index >= 15 is 0 Å². The molecule has 4 heteroatoms. The minimum atomic E-state index is -0.178. The van der Waals surface area contributed by atoms with Gasteiger partial charge in [0.15, 0.2) is 0 Å². The van der Waals surface area contributed by atoms with Gasteiger partial charge in [0.1, 0.15) is 10.8 Å². The Balaban J connectivity index is 1.98. The number of nitrogens with one attached hydrogen (secondary N) is 1. The Hall–Kier alpha value is -1.26. The third-order valence-corrected chi connectivity index (χ3v) is 5.23. The molecular weight excluding hydrogens is 283 g/mol. The number of nitrogens with zero attached hydrogens (tertiary/aromatic N) is 1. The van der Waals surface area contributed by atoms with Crippen molar-refractivity contribution < 1.29 is 4.39 Å². The molecule has 1 aromatic heterocycles. The third kappa shape index (κ3) is 3.01. The predicted molar refractivity (Wildman–Crippen MR) is 85.4 cm³/mol. The van der Waals surface area contributed by atoms with E-state index in [1.54, 1.807) is 17.4 Å². The molecular formula is C17H21FN2S. The van der Waals surface area contributed by atoms with Crippen LogP contribution >= 0.6 is 11.3 Å². The summed E-state index contributed by atoms with van der Waals surface area (Å²) in [5.41, 5.74) is 3.38. The molecule has 1 unspecified atom stereocenters. The van der Waals surface area contributed by atoms with E-state index in [0.29, 0.717) is 0 Å². The van der Waals surface area contributed by atoms with Gasteiger partial charge in [-0.15, -0.1) is 11.3 Å². The number of aromatic nitrogens is 1. The van der Waals surface area contributed by atoms with Crippen LogP contribution in [0.5, 0.6) is 0 Å². The van der Waals surface area contributed by atoms with E-state index in [-0.39, 0.29) is 11.9 Å². The monoisotopic (exact) mass is 304 g/mol. The van der Waals surface area contributed by atoms with E-state index in [0.717, 1.165) is 41.9 Å². The van der Waals surface area contributed by atoms with Crippen LogP contribution in [0.4, 0.5) is 4.39 Å². The second-order valence-electron chi connectivity index (χ2n) is 5.66. The maximum atomic E-state index is 13.7. The summed E-state index contributed by atoms with van der Waals surface area (Å²) in [6.45, 7) is 5.09. The minimum absolute atomic E-state index is 0.0104. The van der Waals surface area contributed by atoms with Crippen LogP contribution in [-0.4, -0.2) is 11.5 Å². The molecule has 2 nitrogen and oxygen atoms in total. The molecule has 3 rings (SSSR count). The lowest BCUT2D eigenvalue weighted by atomic mass is 10.0. The number of benzene rings is 1. The molecule has 1 atom stereocenters. The van der Waals surface area contributed by atoms with Gasteiger partial charge in [-0.05, 0) is 62.4 Å². The van der Waals surface area contributed by atoms with Crippen LogP contribution in [0, 0.1) is 12.7 Å². The quantitative estimate of drug-likeness (QED) is 0.897. The zero-order valence-electron chi connectivity index (χ0n) is 12.6. The lowest BCUT2D eigenvalue weighted by molar-refractivity contribution is 0.580. The van der Waals surface area contributed by atoms with Gasteiger partial charge < -0.3 is 5.32 Å². The van der Waals surface area contributed by atoms with Gasteiger partial charge in [-0.3, -0.25) is 0 Å². The molecule has 1 aromatic carbocycles. The topological polar surface area (TPSA) is 24.9 Å². The summed E-state index contributed by atoms with van der Waals surface area (Å²) < 4.78 is 13.7. The van der Waals surface area contributed by atoms with Gasteiger partial charge in [0, 0.05) is 4.88 Å². The van der Waals surface area contributed by atoms with Crippen LogP contribution in [0.1, 0.15) is 52.5 Å². The average Bonchev–Trinajstić information content (AvgIpc) is 3.04. The van der Waals surface area contributed by atoms with Crippen molar-refractivity contribution in [1.82, 2.24) is 10.3 Å². The van der Waals surface area contributed by atoms with E-state index in [2.05, 4.69) is 12.2 Å². The van der Waals surface area contributed by atoms with Crippen LogP contribution in [0.2, 0.25) is 0 Å². The number of hydrogen-bond acceptors (Lipinski definition) is 3. The van der Waals surface area contributed by atoms with Crippen LogP contribution in [0.25, 0.3) is 0 Å². The molecule has 0 aliphatic heterocycles. The molecule has 1 aliphatic rings. The molecule has 1 N–H and O–H groups in total. The zero-order valence-corrected chi connectivity index (χ0v) is 13.4. The second-order valence-corrected chi connectivity index (χ2v) is 6.78. The van der Waals surface area contributed by atoms with Crippen LogP contribution < -0.4 is 5.32 Å². The van der Waals surface area contributed by atoms with Crippen LogP contribution in [0.3, 0.4) is 0 Å². The standard InChI is InChI=1S/C17H21FN2S/c1-3-9-19-16(13-10-12(18)8-7-11(13)2)17-20-14-5-4-6-15(14)21-17/h7-8,10,16,19H,3-6,9H2,1-2H3. The maximum Gasteiger partial charge on any atom is 0.123 e. The number of thiazole rings is 1. The summed E-state index contributed by atoms with van der Waals surface area (Å²) in [7, 11) is 0. The molecule has 0 saturated heterocycles. The Bertz CT molecular complexity index is 614. The van der Waals surface area contributed by atoms with Crippen molar-refractivity contribution >= 4 is 11.3 Å². The van der Waals surface area contributed by atoms with Crippen molar-refractivity contribution in [1.29, 1.82) is 0 Å². The molecule has 1 aliphatic carbocycles. The summed E-state index contributed by atoms with van der Waals surface area (Å²) in [4.78, 5) is 6.24. The van der Waals surface area contributed by atoms with Crippen molar-refractivity contribution in [2.45, 2.75) is 45.6 Å². The number of rotatable bonds is 5. The molecule has 0 amide bonds. The smallest absolute Gasteiger partial charge is 0.123 e. The van der Waals surface area contributed by atoms with Crippen LogP contribution in [-0.2, 0) is 12.8 Å². The highest BCUT2D eigenvalue weighted by atomic mass is 32.1. The highest BCUT2D eigenvalue weighted by Gasteiger charge is 2.24. The number of aryl methyl sites for hydroxylation is 3. The van der Waals surface area contributed by atoms with Gasteiger partial charge in [0.25, 0.3) is 0 Å². The Morgan fingerprint density at radius 1 is 1.38 bits per heavy atom. The number of halogens is 1. The Morgan fingerprint density at radius 2 is 2.24 bits per heavy atom. The van der Waals surface area contributed by atoms with Gasteiger partial charge in [-0.1, -0.05) is 13.0 Å². The van der Waals surface area contributed by atoms with Crippen LogP contribution in [0.15, 0.2) is 18.2 Å². The molecule has 21 heavy (non-hydrogen) atoms. The first-order valence-corrected chi connectivity index (χ1v) is 8.48. The molecule has 1 heterocycles. The largest absolute Gasteiger partial charge is 0.304 e. The van der Waals surface area contributed by atoms with Gasteiger partial charge >= 0.3 is 0 Å². The fourth-order valence-corrected chi connectivity index (χ4v) is 4.12. The van der Waals surface area contributed by atoms with Crippen molar-refractivity contribution in [3.05, 3.63) is 50.7 Å². The zero-order chi connectivity index (χ0) is 14.8. The highest BCUT2D eigenvalue weighted by Crippen LogP contribution is 2.34. The first-order chi connectivity index (χ1) is 10.2. The summed E-state index contributed by atoms with van der Waals surface area (Å²) in [6, 6.07) is 5.04. The first kappa shape index (κ1) is 14.7. The third-order valence-electron chi connectivity index (χ3n) is 4.01. The van der Waals surface area contributed by atoms with E-state index in [1.165, 1.54) is 23.1 Å². The predicted octanol–water partition coefficient (Wildman–Crippen LogP) is 4.17. The van der Waals surface area contributed by atoms with E-state index in [9.17, 15) is 4.39 Å². The molecule has 0 radical (unpaired) electrons. The summed E-state index contributed by atoms with van der Waals surface area (Å²) >= 11 is 1.79. The van der Waals surface area contributed by atoms with Crippen molar-refractivity contribution in [2.75, 3.05) is 6.54 Å². The Kier molecular flexibility index (Phi) is 4.36. The van der Waals surface area contributed by atoms with Gasteiger partial charge in [0.2, 0.25) is 0 Å². The van der Waals surface area contributed by atoms with Gasteiger partial charge in [-0.25, -0.2) is 9.37 Å². The molecule has 0 spiro atoms. The highest BCUT2D eigenvalue weighted by molar-refractivity contribution is 7.11. The molecule has 0 saturated carbocycles. The lowest BCUT2D eigenvalue weighted by Crippen LogP contribution is -2.24. The number of fused-ring (bicyclic) bond motifs is 1. The van der Waals surface area contributed by atoms with E-state index in [1.807, 2.05) is 13.0 Å². The SMILES string of the molecule is CCCNC(c1nc2c(s1)CCC2)c1cc(F)ccc1C. The van der Waals surface area contributed by atoms with Crippen molar-refractivity contribution in [3.63, 3.8) is 0 Å². The first-order valence-electron chi connectivity index (χ1n) is 7.67. The molecule has 0 bridgehead atoms. The van der Waals surface area contributed by atoms with Crippen molar-refractivity contribution in [2.24, 2.45) is 0 Å². The van der Waals surface area contributed by atoms with E-state index < -0.39 is 0 Å². The Morgan fingerprint density at radius 3 is 3.00 bits per heavy atom. The summed E-state index contributed by atoms with van der Waals surface area (Å²) in [5, 5.41) is 4.63. The maximum absolute atomic E-state index is 13.7. The lowest BCUT2D eigenvalue weighted by Gasteiger charge is -2.19. The normalized spacial score (nSPS) is 15.2. The van der Waals surface area contributed by atoms with Gasteiger partial charge in [0.05, 0.1) is 11.7 Å². The van der Waals surface area contributed by atoms with E-state index in [4.69, 9.17) is 4.98 Å². The molecule has 2 aromatic rings. The Labute approximate surface area is 129 Å². The average molecular weight is 304 g/mol. The minimum Gasteiger partial charge on any atom is -0.304 e. The second kappa shape index (κ2) is 6.24.